The van der Waals surface area contributed by atoms with Crippen LogP contribution in [-0.2, 0) is 10.7 Å². The van der Waals surface area contributed by atoms with Gasteiger partial charge in [-0.05, 0) is 23.6 Å². The van der Waals surface area contributed by atoms with Gasteiger partial charge in [0.05, 0.1) is 4.90 Å². The summed E-state index contributed by atoms with van der Waals surface area (Å²) in [4.78, 5) is 0.164. The van der Waals surface area contributed by atoms with E-state index >= 15 is 0 Å². The zero-order valence-electron chi connectivity index (χ0n) is 7.11. The second kappa shape index (κ2) is 3.38. The van der Waals surface area contributed by atoms with Gasteiger partial charge in [-0.25, -0.2) is 12.8 Å². The Balaban J connectivity index is 2.91. The molecular formula is C10H7FO2S. The van der Waals surface area contributed by atoms with Gasteiger partial charge in [0.15, 0.2) is 10.7 Å². The number of benzene rings is 2. The molecular weight excluding hydrogens is 203 g/mol. The Morgan fingerprint density at radius 3 is 2.57 bits per heavy atom. The van der Waals surface area contributed by atoms with Crippen LogP contribution in [0.15, 0.2) is 41.3 Å². The number of thiol groups is 1. The van der Waals surface area contributed by atoms with Crippen molar-refractivity contribution in [1.82, 2.24) is 0 Å². The molecule has 72 valence electrons. The van der Waals surface area contributed by atoms with Crippen LogP contribution in [0.3, 0.4) is 0 Å². The molecule has 2 aromatic carbocycles. The van der Waals surface area contributed by atoms with Crippen LogP contribution in [-0.4, -0.2) is 8.42 Å². The average molecular weight is 210 g/mol. The second-order valence-corrected chi connectivity index (χ2v) is 3.90. The maximum absolute atomic E-state index is 12.9. The number of fused-ring (bicyclic) bond motifs is 1. The van der Waals surface area contributed by atoms with Crippen molar-refractivity contribution in [1.29, 1.82) is 0 Å². The molecule has 14 heavy (non-hydrogen) atoms. The molecule has 0 aliphatic heterocycles. The topological polar surface area (TPSA) is 34.1 Å². The van der Waals surface area contributed by atoms with Gasteiger partial charge in [0.1, 0.15) is 5.82 Å². The van der Waals surface area contributed by atoms with Crippen molar-refractivity contribution in [3.05, 3.63) is 42.2 Å². The summed E-state index contributed by atoms with van der Waals surface area (Å²) in [6, 6.07) is 8.96. The van der Waals surface area contributed by atoms with Crippen molar-refractivity contribution in [3.63, 3.8) is 0 Å². The van der Waals surface area contributed by atoms with Gasteiger partial charge in [-0.2, -0.15) is 0 Å². The molecule has 0 aliphatic carbocycles. The summed E-state index contributed by atoms with van der Waals surface area (Å²) in [6.07, 6.45) is 0. The van der Waals surface area contributed by atoms with E-state index in [2.05, 4.69) is 0 Å². The zero-order valence-corrected chi connectivity index (χ0v) is 8.00. The first-order valence-corrected chi connectivity index (χ1v) is 5.19. The van der Waals surface area contributed by atoms with E-state index in [0.29, 0.717) is 5.39 Å². The predicted molar refractivity (Wildman–Crippen MR) is 52.5 cm³/mol. The van der Waals surface area contributed by atoms with Crippen LogP contribution in [0.25, 0.3) is 10.8 Å². The number of hydrogen-bond acceptors (Lipinski definition) is 2. The second-order valence-electron chi connectivity index (χ2n) is 2.90. The average Bonchev–Trinajstić information content (AvgIpc) is 2.16. The van der Waals surface area contributed by atoms with E-state index < -0.39 is 16.5 Å². The van der Waals surface area contributed by atoms with Gasteiger partial charge in [0.25, 0.3) is 0 Å². The Hall–Kier alpha value is -1.42. The van der Waals surface area contributed by atoms with Crippen LogP contribution in [0.2, 0.25) is 0 Å². The summed E-state index contributed by atoms with van der Waals surface area (Å²) in [5.74, 6) is -0.429. The molecule has 2 aromatic rings. The third-order valence-electron chi connectivity index (χ3n) is 2.02. The fraction of sp³-hybridized carbons (Fsp3) is 0. The van der Waals surface area contributed by atoms with Crippen molar-refractivity contribution >= 4 is 21.5 Å². The molecule has 0 N–H and O–H groups in total. The Morgan fingerprint density at radius 1 is 1.07 bits per heavy atom. The number of halogens is 1. The molecule has 0 heterocycles. The molecule has 0 spiro atoms. The van der Waals surface area contributed by atoms with Crippen molar-refractivity contribution in [2.75, 3.05) is 0 Å². The molecule has 0 amide bonds. The third-order valence-corrected chi connectivity index (χ3v) is 2.80. The number of rotatable bonds is 1. The predicted octanol–water partition coefficient (Wildman–Crippen LogP) is 1.95. The van der Waals surface area contributed by atoms with Crippen molar-refractivity contribution in [2.24, 2.45) is 0 Å². The molecule has 0 radical (unpaired) electrons. The van der Waals surface area contributed by atoms with E-state index in [-0.39, 0.29) is 4.90 Å². The molecule has 0 aliphatic rings. The van der Waals surface area contributed by atoms with Gasteiger partial charge in [0.2, 0.25) is 0 Å². The molecule has 0 atom stereocenters. The standard InChI is InChI=1S/C10H7FO2S/c11-8-5-4-7-2-1-3-10(14(12)13)9(7)6-8/h1-6,14H. The lowest BCUT2D eigenvalue weighted by Crippen LogP contribution is -1.84. The first-order chi connectivity index (χ1) is 6.68. The number of hydrogen-bond donors (Lipinski definition) is 1. The van der Waals surface area contributed by atoms with Gasteiger partial charge in [-0.1, -0.05) is 18.2 Å². The quantitative estimate of drug-likeness (QED) is 0.730. The summed E-state index contributed by atoms with van der Waals surface area (Å²) in [5.41, 5.74) is 0. The van der Waals surface area contributed by atoms with Crippen LogP contribution < -0.4 is 0 Å². The van der Waals surface area contributed by atoms with Gasteiger partial charge in [0, 0.05) is 5.39 Å². The SMILES string of the molecule is O=[SH](=O)c1cccc2ccc(F)cc12. The molecule has 0 fully saturated rings. The lowest BCUT2D eigenvalue weighted by molar-refractivity contribution is 0.615. The van der Waals surface area contributed by atoms with E-state index in [1.807, 2.05) is 0 Å². The highest BCUT2D eigenvalue weighted by Gasteiger charge is 2.03. The van der Waals surface area contributed by atoms with Crippen LogP contribution in [0, 0.1) is 5.82 Å². The van der Waals surface area contributed by atoms with E-state index in [1.165, 1.54) is 18.2 Å². The van der Waals surface area contributed by atoms with E-state index in [9.17, 15) is 12.8 Å². The Morgan fingerprint density at radius 2 is 1.86 bits per heavy atom. The Bertz CT molecular complexity index is 553. The lowest BCUT2D eigenvalue weighted by atomic mass is 10.1. The largest absolute Gasteiger partial charge is 0.227 e. The van der Waals surface area contributed by atoms with Gasteiger partial charge < -0.3 is 0 Å². The summed E-state index contributed by atoms with van der Waals surface area (Å²) in [7, 11) is -2.67. The fourth-order valence-electron chi connectivity index (χ4n) is 1.39. The van der Waals surface area contributed by atoms with Crippen molar-refractivity contribution < 1.29 is 12.8 Å². The highest BCUT2D eigenvalue weighted by molar-refractivity contribution is 7.72. The van der Waals surface area contributed by atoms with Gasteiger partial charge >= 0.3 is 0 Å². The molecule has 0 saturated carbocycles. The smallest absolute Gasteiger partial charge is 0.168 e. The molecule has 2 rings (SSSR count). The summed E-state index contributed by atoms with van der Waals surface area (Å²) >= 11 is 0. The van der Waals surface area contributed by atoms with E-state index in [0.717, 1.165) is 5.39 Å². The first kappa shape index (κ1) is 9.15. The normalized spacial score (nSPS) is 11.0. The van der Waals surface area contributed by atoms with E-state index in [4.69, 9.17) is 0 Å². The summed E-state index contributed by atoms with van der Waals surface area (Å²) in [5, 5.41) is 1.16. The maximum atomic E-state index is 12.9. The van der Waals surface area contributed by atoms with Crippen molar-refractivity contribution in [2.45, 2.75) is 4.90 Å². The lowest BCUT2D eigenvalue weighted by Gasteiger charge is -1.99. The minimum Gasteiger partial charge on any atom is -0.227 e. The van der Waals surface area contributed by atoms with Crippen LogP contribution in [0.4, 0.5) is 4.39 Å². The van der Waals surface area contributed by atoms with Gasteiger partial charge in [-0.15, -0.1) is 0 Å². The highest BCUT2D eigenvalue weighted by atomic mass is 32.2. The molecule has 4 heteroatoms. The molecule has 0 aromatic heterocycles. The molecule has 0 unspecified atom stereocenters. The zero-order chi connectivity index (χ0) is 10.1. The molecule has 0 saturated heterocycles. The molecule has 0 bridgehead atoms. The Labute approximate surface area is 81.9 Å². The van der Waals surface area contributed by atoms with Crippen LogP contribution in [0.1, 0.15) is 0 Å². The van der Waals surface area contributed by atoms with E-state index in [1.54, 1.807) is 18.2 Å². The highest BCUT2D eigenvalue weighted by Crippen LogP contribution is 2.20. The van der Waals surface area contributed by atoms with Crippen molar-refractivity contribution in [3.8, 4) is 0 Å². The van der Waals surface area contributed by atoms with Crippen LogP contribution in [0.5, 0.6) is 0 Å². The third kappa shape index (κ3) is 1.48. The maximum Gasteiger partial charge on any atom is 0.168 e. The first-order valence-electron chi connectivity index (χ1n) is 4.01. The van der Waals surface area contributed by atoms with Crippen LogP contribution >= 0.6 is 0 Å². The molecule has 2 nitrogen and oxygen atoms in total. The minimum atomic E-state index is -2.67. The Kier molecular flexibility index (Phi) is 2.21. The van der Waals surface area contributed by atoms with Gasteiger partial charge in [-0.3, -0.25) is 0 Å². The fourth-order valence-corrected chi connectivity index (χ4v) is 1.99. The summed E-state index contributed by atoms with van der Waals surface area (Å²) in [6.45, 7) is 0. The monoisotopic (exact) mass is 210 g/mol. The minimum absolute atomic E-state index is 0.164. The summed E-state index contributed by atoms with van der Waals surface area (Å²) < 4.78 is 34.6.